The lowest BCUT2D eigenvalue weighted by Gasteiger charge is -2.21. The van der Waals surface area contributed by atoms with Crippen molar-refractivity contribution in [3.05, 3.63) is 46.4 Å². The van der Waals surface area contributed by atoms with Gasteiger partial charge >= 0.3 is 0 Å². The lowest BCUT2D eigenvalue weighted by atomic mass is 10.0. The smallest absolute Gasteiger partial charge is 0.122 e. The maximum Gasteiger partial charge on any atom is 0.122 e. The number of para-hydroxylation sites is 1. The molecule has 0 radical (unpaired) electrons. The monoisotopic (exact) mass is 290 g/mol. The molecule has 4 heteroatoms. The molecule has 0 saturated carbocycles. The van der Waals surface area contributed by atoms with Gasteiger partial charge in [0, 0.05) is 17.6 Å². The topological polar surface area (TPSA) is 34.1 Å². The van der Waals surface area contributed by atoms with E-state index in [1.165, 1.54) is 10.6 Å². The van der Waals surface area contributed by atoms with Gasteiger partial charge in [0.15, 0.2) is 0 Å². The van der Waals surface area contributed by atoms with Crippen LogP contribution >= 0.6 is 11.3 Å². The number of thiazole rings is 1. The lowest BCUT2D eigenvalue weighted by Crippen LogP contribution is -2.32. The van der Waals surface area contributed by atoms with Crippen molar-refractivity contribution in [3.8, 4) is 5.75 Å². The first-order chi connectivity index (χ1) is 9.74. The molecule has 1 aromatic heterocycles. The molecule has 2 rings (SSSR count). The van der Waals surface area contributed by atoms with Gasteiger partial charge in [0.2, 0.25) is 0 Å². The zero-order valence-corrected chi connectivity index (χ0v) is 13.1. The van der Waals surface area contributed by atoms with Gasteiger partial charge in [-0.15, -0.1) is 11.3 Å². The Labute approximate surface area is 125 Å². The van der Waals surface area contributed by atoms with Crippen LogP contribution in [0.5, 0.6) is 5.75 Å². The van der Waals surface area contributed by atoms with Gasteiger partial charge in [0.1, 0.15) is 10.8 Å². The van der Waals surface area contributed by atoms with Crippen molar-refractivity contribution in [1.82, 2.24) is 10.3 Å². The maximum atomic E-state index is 5.41. The van der Waals surface area contributed by atoms with Crippen molar-refractivity contribution in [2.24, 2.45) is 0 Å². The SMILES string of the molecule is CCC(NC(C)Cc1ccccc1OC)c1nccs1. The zero-order chi connectivity index (χ0) is 14.4. The molecule has 2 aromatic rings. The normalized spacial score (nSPS) is 13.9. The van der Waals surface area contributed by atoms with E-state index in [1.807, 2.05) is 23.7 Å². The summed E-state index contributed by atoms with van der Waals surface area (Å²) in [5, 5.41) is 6.86. The number of hydrogen-bond acceptors (Lipinski definition) is 4. The fourth-order valence-electron chi connectivity index (χ4n) is 2.37. The fraction of sp³-hybridized carbons (Fsp3) is 0.438. The summed E-state index contributed by atoms with van der Waals surface area (Å²) in [7, 11) is 1.72. The molecular weight excluding hydrogens is 268 g/mol. The molecule has 20 heavy (non-hydrogen) atoms. The first-order valence-electron chi connectivity index (χ1n) is 7.02. The van der Waals surface area contributed by atoms with E-state index in [4.69, 9.17) is 4.74 Å². The van der Waals surface area contributed by atoms with Gasteiger partial charge in [-0.05, 0) is 31.4 Å². The number of aromatic nitrogens is 1. The van der Waals surface area contributed by atoms with Gasteiger partial charge in [0.25, 0.3) is 0 Å². The minimum absolute atomic E-state index is 0.333. The summed E-state index contributed by atoms with van der Waals surface area (Å²) in [6.45, 7) is 4.40. The molecule has 0 fully saturated rings. The van der Waals surface area contributed by atoms with Crippen molar-refractivity contribution >= 4 is 11.3 Å². The van der Waals surface area contributed by atoms with Crippen LogP contribution in [-0.2, 0) is 6.42 Å². The first-order valence-corrected chi connectivity index (χ1v) is 7.89. The second-order valence-electron chi connectivity index (χ2n) is 4.91. The highest BCUT2D eigenvalue weighted by Crippen LogP contribution is 2.22. The summed E-state index contributed by atoms with van der Waals surface area (Å²) in [6, 6.07) is 8.91. The van der Waals surface area contributed by atoms with Crippen LogP contribution in [0.15, 0.2) is 35.8 Å². The summed E-state index contributed by atoms with van der Waals surface area (Å²) >= 11 is 1.71. The van der Waals surface area contributed by atoms with Crippen molar-refractivity contribution < 1.29 is 4.74 Å². The molecule has 0 amide bonds. The van der Waals surface area contributed by atoms with Crippen molar-refractivity contribution in [2.45, 2.75) is 38.8 Å². The average Bonchev–Trinajstić information content (AvgIpc) is 2.99. The third-order valence-electron chi connectivity index (χ3n) is 3.36. The van der Waals surface area contributed by atoms with Crippen LogP contribution in [0, 0.1) is 0 Å². The van der Waals surface area contributed by atoms with Crippen molar-refractivity contribution in [2.75, 3.05) is 7.11 Å². The molecule has 0 saturated heterocycles. The predicted molar refractivity (Wildman–Crippen MR) is 84.4 cm³/mol. The highest BCUT2D eigenvalue weighted by Gasteiger charge is 2.15. The number of ether oxygens (including phenoxy) is 1. The summed E-state index contributed by atoms with van der Waals surface area (Å²) in [6.07, 6.45) is 3.87. The minimum atomic E-state index is 0.333. The molecule has 1 heterocycles. The first kappa shape index (κ1) is 15.0. The van der Waals surface area contributed by atoms with Gasteiger partial charge in [0.05, 0.1) is 13.2 Å². The van der Waals surface area contributed by atoms with Gasteiger partial charge in [-0.2, -0.15) is 0 Å². The van der Waals surface area contributed by atoms with Gasteiger partial charge in [-0.25, -0.2) is 4.98 Å². The fourth-order valence-corrected chi connectivity index (χ4v) is 3.16. The number of nitrogens with one attached hydrogen (secondary N) is 1. The summed E-state index contributed by atoms with van der Waals surface area (Å²) < 4.78 is 5.41. The maximum absolute atomic E-state index is 5.41. The van der Waals surface area contributed by atoms with E-state index in [2.05, 4.69) is 36.3 Å². The largest absolute Gasteiger partial charge is 0.496 e. The summed E-state index contributed by atoms with van der Waals surface area (Å²) in [5.74, 6) is 0.962. The van der Waals surface area contributed by atoms with Gasteiger partial charge in [-0.1, -0.05) is 25.1 Å². The van der Waals surface area contributed by atoms with Crippen LogP contribution in [0.3, 0.4) is 0 Å². The number of nitrogens with zero attached hydrogens (tertiary/aromatic N) is 1. The Bertz CT molecular complexity index is 513. The highest BCUT2D eigenvalue weighted by molar-refractivity contribution is 7.09. The number of rotatable bonds is 7. The van der Waals surface area contributed by atoms with Crippen molar-refractivity contribution in [1.29, 1.82) is 0 Å². The average molecular weight is 290 g/mol. The van der Waals surface area contributed by atoms with Crippen molar-refractivity contribution in [3.63, 3.8) is 0 Å². The molecule has 2 unspecified atom stereocenters. The third kappa shape index (κ3) is 3.81. The standard InChI is InChI=1S/C16H22N2OS/c1-4-14(16-17-9-10-20-16)18-12(2)11-13-7-5-6-8-15(13)19-3/h5-10,12,14,18H,4,11H2,1-3H3. The Morgan fingerprint density at radius 3 is 2.80 bits per heavy atom. The third-order valence-corrected chi connectivity index (χ3v) is 4.25. The lowest BCUT2D eigenvalue weighted by molar-refractivity contribution is 0.399. The second-order valence-corrected chi connectivity index (χ2v) is 5.84. The van der Waals surface area contributed by atoms with Gasteiger partial charge in [-0.3, -0.25) is 0 Å². The van der Waals surface area contributed by atoms with E-state index < -0.39 is 0 Å². The highest BCUT2D eigenvalue weighted by atomic mass is 32.1. The second kappa shape index (κ2) is 7.41. The number of methoxy groups -OCH3 is 1. The van der Waals surface area contributed by atoms with Gasteiger partial charge < -0.3 is 10.1 Å². The molecule has 3 nitrogen and oxygen atoms in total. The van der Waals surface area contributed by atoms with Crippen LogP contribution in [0.2, 0.25) is 0 Å². The molecule has 2 atom stereocenters. The molecule has 0 aliphatic rings. The number of benzene rings is 1. The molecule has 0 aliphatic heterocycles. The quantitative estimate of drug-likeness (QED) is 0.841. The van der Waals surface area contributed by atoms with Crippen LogP contribution in [-0.4, -0.2) is 18.1 Å². The van der Waals surface area contributed by atoms with E-state index in [9.17, 15) is 0 Å². The van der Waals surface area contributed by atoms with E-state index in [0.717, 1.165) is 18.6 Å². The Balaban J connectivity index is 1.99. The number of hydrogen-bond donors (Lipinski definition) is 1. The Kier molecular flexibility index (Phi) is 5.56. The van der Waals surface area contributed by atoms with Crippen LogP contribution < -0.4 is 10.1 Å². The molecule has 0 bridgehead atoms. The van der Waals surface area contributed by atoms with E-state index >= 15 is 0 Å². The molecule has 1 N–H and O–H groups in total. The summed E-state index contributed by atoms with van der Waals surface area (Å²) in [5.41, 5.74) is 1.24. The molecule has 0 aliphatic carbocycles. The summed E-state index contributed by atoms with van der Waals surface area (Å²) in [4.78, 5) is 4.41. The van der Waals surface area contributed by atoms with Crippen LogP contribution in [0.4, 0.5) is 0 Å². The Morgan fingerprint density at radius 2 is 2.15 bits per heavy atom. The molecular formula is C16H22N2OS. The molecule has 1 aromatic carbocycles. The zero-order valence-electron chi connectivity index (χ0n) is 12.3. The predicted octanol–water partition coefficient (Wildman–Crippen LogP) is 3.82. The van der Waals surface area contributed by atoms with Crippen LogP contribution in [0.25, 0.3) is 0 Å². The van der Waals surface area contributed by atoms with E-state index in [0.29, 0.717) is 12.1 Å². The van der Waals surface area contributed by atoms with E-state index in [-0.39, 0.29) is 0 Å². The van der Waals surface area contributed by atoms with Crippen LogP contribution in [0.1, 0.15) is 36.9 Å². The molecule has 108 valence electrons. The minimum Gasteiger partial charge on any atom is -0.496 e. The molecule has 0 spiro atoms. The van der Waals surface area contributed by atoms with E-state index in [1.54, 1.807) is 18.4 Å². The Hall–Kier alpha value is -1.39. The Morgan fingerprint density at radius 1 is 1.35 bits per heavy atom.